The van der Waals surface area contributed by atoms with Crippen LogP contribution >= 0.6 is 0 Å². The number of halogens is 1. The summed E-state index contributed by atoms with van der Waals surface area (Å²) in [6.07, 6.45) is 4.48. The van der Waals surface area contributed by atoms with Crippen LogP contribution in [-0.2, 0) is 19.3 Å². The van der Waals surface area contributed by atoms with Gasteiger partial charge in [-0.2, -0.15) is 0 Å². The van der Waals surface area contributed by atoms with Gasteiger partial charge in [-0.05, 0) is 42.8 Å². The fraction of sp³-hybridized carbons (Fsp3) is 0.235. The smallest absolute Gasteiger partial charge is 0.123 e. The first-order chi connectivity index (χ1) is 10.3. The normalized spacial score (nSPS) is 11.1. The van der Waals surface area contributed by atoms with Crippen LogP contribution in [0.4, 0.5) is 4.39 Å². The van der Waals surface area contributed by atoms with Crippen LogP contribution in [0.25, 0.3) is 5.52 Å². The van der Waals surface area contributed by atoms with Gasteiger partial charge in [-0.1, -0.05) is 18.2 Å². The molecule has 4 heteroatoms. The third kappa shape index (κ3) is 2.95. The highest BCUT2D eigenvalue weighted by molar-refractivity contribution is 5.53. The van der Waals surface area contributed by atoms with E-state index in [1.165, 1.54) is 12.1 Å². The van der Waals surface area contributed by atoms with Crippen molar-refractivity contribution in [1.82, 2.24) is 9.38 Å². The molecule has 1 aromatic carbocycles. The molecule has 0 aliphatic heterocycles. The summed E-state index contributed by atoms with van der Waals surface area (Å²) in [7, 11) is 0. The number of nitrogens with two attached hydrogens (primary N) is 1. The van der Waals surface area contributed by atoms with Crippen LogP contribution < -0.4 is 5.73 Å². The van der Waals surface area contributed by atoms with Crippen LogP contribution in [0.2, 0.25) is 0 Å². The lowest BCUT2D eigenvalue weighted by atomic mass is 10.1. The molecule has 2 aromatic heterocycles. The Kier molecular flexibility index (Phi) is 3.97. The first-order valence-corrected chi connectivity index (χ1v) is 7.17. The van der Waals surface area contributed by atoms with Gasteiger partial charge in [-0.25, -0.2) is 9.37 Å². The van der Waals surface area contributed by atoms with Crippen LogP contribution in [0.1, 0.15) is 17.1 Å². The Bertz CT molecular complexity index is 731. The molecule has 0 unspecified atom stereocenters. The average molecular weight is 283 g/mol. The topological polar surface area (TPSA) is 43.3 Å². The lowest BCUT2D eigenvalue weighted by Gasteiger charge is -2.02. The molecular weight excluding hydrogens is 265 g/mol. The highest BCUT2D eigenvalue weighted by atomic mass is 19.1. The number of pyridine rings is 1. The minimum atomic E-state index is -0.199. The van der Waals surface area contributed by atoms with Crippen LogP contribution in [0.5, 0.6) is 0 Å². The van der Waals surface area contributed by atoms with Gasteiger partial charge in [-0.15, -0.1) is 0 Å². The zero-order valence-corrected chi connectivity index (χ0v) is 11.8. The molecule has 108 valence electrons. The molecule has 0 aliphatic carbocycles. The van der Waals surface area contributed by atoms with Crippen molar-refractivity contribution in [3.8, 4) is 0 Å². The summed E-state index contributed by atoms with van der Waals surface area (Å²) in [5.41, 5.74) is 8.94. The molecule has 0 saturated carbocycles. The standard InChI is InChI=1S/C17H18FN3/c18-14-7-4-13(5-8-14)6-9-17-20-15(10-11-19)16-3-1-2-12-21(16)17/h1-5,7-8,12H,6,9-11,19H2. The third-order valence-corrected chi connectivity index (χ3v) is 3.63. The highest BCUT2D eigenvalue weighted by Gasteiger charge is 2.09. The Morgan fingerprint density at radius 3 is 2.57 bits per heavy atom. The third-order valence-electron chi connectivity index (χ3n) is 3.63. The van der Waals surface area contributed by atoms with Crippen molar-refractivity contribution in [3.05, 3.63) is 71.6 Å². The van der Waals surface area contributed by atoms with E-state index >= 15 is 0 Å². The fourth-order valence-electron chi connectivity index (χ4n) is 2.57. The quantitative estimate of drug-likeness (QED) is 0.782. The van der Waals surface area contributed by atoms with Crippen molar-refractivity contribution < 1.29 is 4.39 Å². The molecule has 21 heavy (non-hydrogen) atoms. The summed E-state index contributed by atoms with van der Waals surface area (Å²) >= 11 is 0. The number of nitrogens with zero attached hydrogens (tertiary/aromatic N) is 2. The summed E-state index contributed by atoms with van der Waals surface area (Å²) < 4.78 is 15.0. The Morgan fingerprint density at radius 1 is 1.00 bits per heavy atom. The van der Waals surface area contributed by atoms with Crippen molar-refractivity contribution in [2.45, 2.75) is 19.3 Å². The number of benzene rings is 1. The molecule has 0 radical (unpaired) electrons. The monoisotopic (exact) mass is 283 g/mol. The van der Waals surface area contributed by atoms with Crippen LogP contribution in [-0.4, -0.2) is 15.9 Å². The first-order valence-electron chi connectivity index (χ1n) is 7.17. The van der Waals surface area contributed by atoms with E-state index in [2.05, 4.69) is 10.5 Å². The van der Waals surface area contributed by atoms with Gasteiger partial charge in [0.1, 0.15) is 11.6 Å². The molecule has 2 heterocycles. The van der Waals surface area contributed by atoms with E-state index in [1.807, 2.05) is 30.5 Å². The van der Waals surface area contributed by atoms with E-state index in [-0.39, 0.29) is 5.82 Å². The van der Waals surface area contributed by atoms with Gasteiger partial charge in [0.15, 0.2) is 0 Å². The van der Waals surface area contributed by atoms with E-state index in [0.29, 0.717) is 6.54 Å². The summed E-state index contributed by atoms with van der Waals surface area (Å²) in [5.74, 6) is 0.827. The maximum absolute atomic E-state index is 12.9. The SMILES string of the molecule is NCCc1nc(CCc2ccc(F)cc2)n2ccccc12. The van der Waals surface area contributed by atoms with E-state index in [4.69, 9.17) is 10.7 Å². The lowest BCUT2D eigenvalue weighted by molar-refractivity contribution is 0.627. The predicted molar refractivity (Wildman–Crippen MR) is 81.8 cm³/mol. The van der Waals surface area contributed by atoms with Crippen molar-refractivity contribution in [2.24, 2.45) is 5.73 Å². The minimum absolute atomic E-state index is 0.199. The van der Waals surface area contributed by atoms with Gasteiger partial charge in [0, 0.05) is 19.0 Å². The van der Waals surface area contributed by atoms with E-state index < -0.39 is 0 Å². The number of imidazole rings is 1. The highest BCUT2D eigenvalue weighted by Crippen LogP contribution is 2.15. The molecular formula is C17H18FN3. The number of aryl methyl sites for hydroxylation is 2. The van der Waals surface area contributed by atoms with Crippen LogP contribution in [0.15, 0.2) is 48.7 Å². The largest absolute Gasteiger partial charge is 0.330 e. The van der Waals surface area contributed by atoms with Crippen molar-refractivity contribution in [1.29, 1.82) is 0 Å². The lowest BCUT2D eigenvalue weighted by Crippen LogP contribution is -2.03. The molecule has 0 saturated heterocycles. The summed E-state index contributed by atoms with van der Waals surface area (Å²) in [4.78, 5) is 4.72. The fourth-order valence-corrected chi connectivity index (χ4v) is 2.57. The number of hydrogen-bond donors (Lipinski definition) is 1. The Labute approximate surface area is 123 Å². The molecule has 0 bridgehead atoms. The number of fused-ring (bicyclic) bond motifs is 1. The van der Waals surface area contributed by atoms with E-state index in [9.17, 15) is 4.39 Å². The molecule has 0 spiro atoms. The molecule has 0 aliphatic rings. The first kappa shape index (κ1) is 13.8. The van der Waals surface area contributed by atoms with Gasteiger partial charge in [0.2, 0.25) is 0 Å². The Hall–Kier alpha value is -2.20. The predicted octanol–water partition coefficient (Wildman–Crippen LogP) is 2.76. The van der Waals surface area contributed by atoms with Gasteiger partial charge in [0.25, 0.3) is 0 Å². The number of rotatable bonds is 5. The van der Waals surface area contributed by atoms with Crippen molar-refractivity contribution in [2.75, 3.05) is 6.54 Å². The number of aromatic nitrogens is 2. The van der Waals surface area contributed by atoms with Crippen LogP contribution in [0.3, 0.4) is 0 Å². The molecule has 3 nitrogen and oxygen atoms in total. The summed E-state index contributed by atoms with van der Waals surface area (Å²) in [5, 5.41) is 0. The molecule has 0 atom stereocenters. The minimum Gasteiger partial charge on any atom is -0.330 e. The Balaban J connectivity index is 1.84. The van der Waals surface area contributed by atoms with Gasteiger partial charge in [-0.3, -0.25) is 0 Å². The van der Waals surface area contributed by atoms with E-state index in [1.54, 1.807) is 0 Å². The zero-order valence-electron chi connectivity index (χ0n) is 11.8. The molecule has 0 fully saturated rings. The van der Waals surface area contributed by atoms with Crippen LogP contribution in [0, 0.1) is 5.82 Å². The second-order valence-corrected chi connectivity index (χ2v) is 5.10. The van der Waals surface area contributed by atoms with Crippen molar-refractivity contribution in [3.63, 3.8) is 0 Å². The second kappa shape index (κ2) is 6.06. The Morgan fingerprint density at radius 2 is 1.81 bits per heavy atom. The maximum atomic E-state index is 12.9. The molecule has 0 amide bonds. The molecule has 3 rings (SSSR count). The van der Waals surface area contributed by atoms with Gasteiger partial charge in [0.05, 0.1) is 11.2 Å². The summed E-state index contributed by atoms with van der Waals surface area (Å²) in [6, 6.07) is 12.7. The van der Waals surface area contributed by atoms with Gasteiger partial charge < -0.3 is 10.1 Å². The second-order valence-electron chi connectivity index (χ2n) is 5.10. The van der Waals surface area contributed by atoms with Crippen molar-refractivity contribution >= 4 is 5.52 Å². The zero-order chi connectivity index (χ0) is 14.7. The molecule has 2 N–H and O–H groups in total. The van der Waals surface area contributed by atoms with E-state index in [0.717, 1.165) is 41.9 Å². The molecule has 3 aromatic rings. The average Bonchev–Trinajstić information content (AvgIpc) is 2.86. The number of hydrogen-bond acceptors (Lipinski definition) is 2. The van der Waals surface area contributed by atoms with Gasteiger partial charge >= 0.3 is 0 Å². The maximum Gasteiger partial charge on any atom is 0.123 e. The summed E-state index contributed by atoms with van der Waals surface area (Å²) in [6.45, 7) is 0.596.